The van der Waals surface area contributed by atoms with Gasteiger partial charge >= 0.3 is 0 Å². The molecular formula is C16H23NS. The van der Waals surface area contributed by atoms with Crippen LogP contribution in [0.1, 0.15) is 49.7 Å². The lowest BCUT2D eigenvalue weighted by Crippen LogP contribution is -2.31. The molecule has 1 saturated carbocycles. The average Bonchev–Trinajstić information content (AvgIpc) is 3.22. The largest absolute Gasteiger partial charge is 0.327 e. The van der Waals surface area contributed by atoms with Gasteiger partial charge in [-0.25, -0.2) is 0 Å². The van der Waals surface area contributed by atoms with Crippen LogP contribution in [0.4, 0.5) is 0 Å². The van der Waals surface area contributed by atoms with E-state index in [0.717, 1.165) is 5.92 Å². The molecule has 1 unspecified atom stereocenters. The van der Waals surface area contributed by atoms with E-state index in [9.17, 15) is 0 Å². The highest BCUT2D eigenvalue weighted by atomic mass is 32.2. The summed E-state index contributed by atoms with van der Waals surface area (Å²) in [5, 5.41) is 0. The van der Waals surface area contributed by atoms with Gasteiger partial charge in [0.1, 0.15) is 0 Å². The molecule has 0 amide bonds. The fourth-order valence-corrected chi connectivity index (χ4v) is 4.37. The second-order valence-electron chi connectivity index (χ2n) is 5.95. The first-order chi connectivity index (χ1) is 8.72. The molecule has 2 aliphatic rings. The zero-order chi connectivity index (χ0) is 12.6. The maximum Gasteiger partial charge on any atom is 0.0108 e. The van der Waals surface area contributed by atoms with Crippen molar-refractivity contribution in [1.29, 1.82) is 0 Å². The summed E-state index contributed by atoms with van der Waals surface area (Å²) in [6.45, 7) is 2.15. The average molecular weight is 261 g/mol. The zero-order valence-electron chi connectivity index (χ0n) is 11.2. The number of rotatable bonds is 3. The summed E-state index contributed by atoms with van der Waals surface area (Å²) in [6.07, 6.45) is 5.24. The molecule has 1 heterocycles. The van der Waals surface area contributed by atoms with Crippen molar-refractivity contribution in [3.05, 3.63) is 35.4 Å². The Morgan fingerprint density at radius 1 is 1.17 bits per heavy atom. The molecule has 0 aromatic heterocycles. The van der Waals surface area contributed by atoms with Crippen LogP contribution in [0.2, 0.25) is 0 Å². The first-order valence-corrected chi connectivity index (χ1v) is 8.32. The van der Waals surface area contributed by atoms with E-state index in [1.54, 1.807) is 5.56 Å². The summed E-state index contributed by atoms with van der Waals surface area (Å²) in [6, 6.07) is 9.69. The Morgan fingerprint density at radius 2 is 1.78 bits per heavy atom. The molecule has 2 fully saturated rings. The monoisotopic (exact) mass is 261 g/mol. The second-order valence-corrected chi connectivity index (χ2v) is 7.18. The summed E-state index contributed by atoms with van der Waals surface area (Å²) < 4.78 is 0. The van der Waals surface area contributed by atoms with Crippen molar-refractivity contribution in [2.24, 2.45) is 5.73 Å². The van der Waals surface area contributed by atoms with Gasteiger partial charge in [-0.15, -0.1) is 0 Å². The zero-order valence-corrected chi connectivity index (χ0v) is 12.0. The Balaban J connectivity index is 1.77. The molecule has 1 atom stereocenters. The van der Waals surface area contributed by atoms with E-state index >= 15 is 0 Å². The fourth-order valence-electron chi connectivity index (χ4n) is 3.26. The van der Waals surface area contributed by atoms with E-state index in [2.05, 4.69) is 43.0 Å². The summed E-state index contributed by atoms with van der Waals surface area (Å²) >= 11 is 2.10. The van der Waals surface area contributed by atoms with Crippen molar-refractivity contribution in [2.45, 2.75) is 50.0 Å². The molecule has 1 aliphatic heterocycles. The first kappa shape index (κ1) is 12.6. The van der Waals surface area contributed by atoms with Crippen LogP contribution in [-0.2, 0) is 5.41 Å². The van der Waals surface area contributed by atoms with E-state index in [4.69, 9.17) is 5.73 Å². The third kappa shape index (κ3) is 2.21. The molecule has 18 heavy (non-hydrogen) atoms. The van der Waals surface area contributed by atoms with Crippen LogP contribution in [0.15, 0.2) is 24.3 Å². The van der Waals surface area contributed by atoms with E-state index in [-0.39, 0.29) is 6.04 Å². The summed E-state index contributed by atoms with van der Waals surface area (Å²) in [4.78, 5) is 0. The quantitative estimate of drug-likeness (QED) is 0.898. The Morgan fingerprint density at radius 3 is 2.28 bits per heavy atom. The maximum atomic E-state index is 6.14. The summed E-state index contributed by atoms with van der Waals surface area (Å²) in [5.74, 6) is 3.46. The third-order valence-electron chi connectivity index (χ3n) is 4.84. The van der Waals surface area contributed by atoms with Crippen molar-refractivity contribution < 1.29 is 0 Å². The van der Waals surface area contributed by atoms with Crippen molar-refractivity contribution in [3.63, 3.8) is 0 Å². The predicted octanol–water partition coefficient (Wildman–Crippen LogP) is 3.68. The molecule has 98 valence electrons. The predicted molar refractivity (Wildman–Crippen MR) is 80.3 cm³/mol. The molecular weight excluding hydrogens is 238 g/mol. The number of benzene rings is 1. The van der Waals surface area contributed by atoms with Gasteiger partial charge in [0.2, 0.25) is 0 Å². The van der Waals surface area contributed by atoms with Gasteiger partial charge in [-0.3, -0.25) is 0 Å². The highest BCUT2D eigenvalue weighted by Gasteiger charge is 2.47. The van der Waals surface area contributed by atoms with Crippen molar-refractivity contribution in [3.8, 4) is 0 Å². The van der Waals surface area contributed by atoms with E-state index in [1.165, 1.54) is 42.8 Å². The van der Waals surface area contributed by atoms with Crippen molar-refractivity contribution >= 4 is 11.8 Å². The van der Waals surface area contributed by atoms with Gasteiger partial charge in [0.05, 0.1) is 0 Å². The van der Waals surface area contributed by atoms with E-state index in [0.29, 0.717) is 5.41 Å². The van der Waals surface area contributed by atoms with Crippen LogP contribution in [0.5, 0.6) is 0 Å². The SMILES string of the molecule is CC(N)C1(c2ccc(C3CCSCC3)cc2)CC1. The van der Waals surface area contributed by atoms with Crippen LogP contribution in [0.3, 0.4) is 0 Å². The van der Waals surface area contributed by atoms with Gasteiger partial charge in [-0.1, -0.05) is 24.3 Å². The molecule has 3 rings (SSSR count). The summed E-state index contributed by atoms with van der Waals surface area (Å²) in [5.41, 5.74) is 9.45. The molecule has 0 radical (unpaired) electrons. The molecule has 0 spiro atoms. The molecule has 1 aromatic rings. The Kier molecular flexibility index (Phi) is 3.42. The van der Waals surface area contributed by atoms with Gasteiger partial charge in [-0.05, 0) is 61.2 Å². The number of thioether (sulfide) groups is 1. The minimum absolute atomic E-state index is 0.287. The second kappa shape index (κ2) is 4.90. The molecule has 0 bridgehead atoms. The maximum absolute atomic E-state index is 6.14. The molecule has 2 N–H and O–H groups in total. The van der Waals surface area contributed by atoms with Gasteiger partial charge in [0, 0.05) is 11.5 Å². The van der Waals surface area contributed by atoms with Gasteiger partial charge in [0.15, 0.2) is 0 Å². The van der Waals surface area contributed by atoms with Crippen LogP contribution >= 0.6 is 11.8 Å². The number of hydrogen-bond donors (Lipinski definition) is 1. The Bertz CT molecular complexity index is 400. The van der Waals surface area contributed by atoms with Crippen molar-refractivity contribution in [2.75, 3.05) is 11.5 Å². The van der Waals surface area contributed by atoms with Crippen LogP contribution < -0.4 is 5.73 Å². The number of nitrogens with two attached hydrogens (primary N) is 1. The third-order valence-corrected chi connectivity index (χ3v) is 5.89. The lowest BCUT2D eigenvalue weighted by Gasteiger charge is -2.24. The van der Waals surface area contributed by atoms with Gasteiger partial charge in [-0.2, -0.15) is 11.8 Å². The standard InChI is InChI=1S/C16H23NS/c1-12(17)16(8-9-16)15-4-2-13(3-5-15)14-6-10-18-11-7-14/h2-5,12,14H,6-11,17H2,1H3. The van der Waals surface area contributed by atoms with Crippen LogP contribution in [0.25, 0.3) is 0 Å². The van der Waals surface area contributed by atoms with E-state index < -0.39 is 0 Å². The van der Waals surface area contributed by atoms with Gasteiger partial charge in [0.25, 0.3) is 0 Å². The van der Waals surface area contributed by atoms with Gasteiger partial charge < -0.3 is 5.73 Å². The molecule has 1 aliphatic carbocycles. The molecule has 2 heteroatoms. The van der Waals surface area contributed by atoms with E-state index in [1.807, 2.05) is 0 Å². The highest BCUT2D eigenvalue weighted by Crippen LogP contribution is 2.50. The van der Waals surface area contributed by atoms with Crippen LogP contribution in [0, 0.1) is 0 Å². The lowest BCUT2D eigenvalue weighted by atomic mass is 9.86. The molecule has 1 saturated heterocycles. The smallest absolute Gasteiger partial charge is 0.0108 e. The molecule has 1 aromatic carbocycles. The minimum atomic E-state index is 0.287. The molecule has 1 nitrogen and oxygen atoms in total. The number of hydrogen-bond acceptors (Lipinski definition) is 2. The minimum Gasteiger partial charge on any atom is -0.327 e. The van der Waals surface area contributed by atoms with Crippen molar-refractivity contribution in [1.82, 2.24) is 0 Å². The normalized spacial score (nSPS) is 24.8. The Labute approximate surface area is 115 Å². The topological polar surface area (TPSA) is 26.0 Å². The Hall–Kier alpha value is -0.470. The highest BCUT2D eigenvalue weighted by molar-refractivity contribution is 7.99. The van der Waals surface area contributed by atoms with Crippen LogP contribution in [-0.4, -0.2) is 17.5 Å². The summed E-state index contributed by atoms with van der Waals surface area (Å²) in [7, 11) is 0. The lowest BCUT2D eigenvalue weighted by molar-refractivity contribution is 0.555. The fraction of sp³-hybridized carbons (Fsp3) is 0.625. The first-order valence-electron chi connectivity index (χ1n) is 7.16.